The van der Waals surface area contributed by atoms with E-state index in [1.165, 1.54) is 18.0 Å². The molecule has 2 heterocycles. The predicted molar refractivity (Wildman–Crippen MR) is 71.8 cm³/mol. The lowest BCUT2D eigenvalue weighted by atomic mass is 9.95. The highest BCUT2D eigenvalue weighted by Gasteiger charge is 2.30. The molecule has 3 rings (SSSR count). The van der Waals surface area contributed by atoms with Gasteiger partial charge in [0, 0.05) is 17.5 Å². The molecule has 3 nitrogen and oxygen atoms in total. The first-order valence-corrected chi connectivity index (χ1v) is 6.51. The predicted octanol–water partition coefficient (Wildman–Crippen LogP) is 2.41. The number of rotatable bonds is 2. The summed E-state index contributed by atoms with van der Waals surface area (Å²) in [6.07, 6.45) is 3.22. The smallest absolute Gasteiger partial charge is 0.200 e. The van der Waals surface area contributed by atoms with Gasteiger partial charge in [0.15, 0.2) is 5.78 Å². The van der Waals surface area contributed by atoms with Gasteiger partial charge in [0.25, 0.3) is 0 Å². The normalized spacial score (nSPS) is 17.8. The van der Waals surface area contributed by atoms with Gasteiger partial charge in [-0.25, -0.2) is 4.99 Å². The number of hydrogen-bond acceptors (Lipinski definition) is 4. The van der Waals surface area contributed by atoms with E-state index in [9.17, 15) is 9.59 Å². The lowest BCUT2D eigenvalue weighted by Crippen LogP contribution is -2.20. The van der Waals surface area contributed by atoms with Crippen molar-refractivity contribution in [2.24, 2.45) is 4.99 Å². The molecule has 0 bridgehead atoms. The molecule has 1 aromatic rings. The standard InChI is InChI=1S/C14H9NO2S/c16-12(9-4-2-1-3-5-9)11-8-15-14-10(13(11)17)6-7-18-14/h1-6,8H,7H2. The number of aliphatic imine (C=N–C) groups is 1. The maximum atomic E-state index is 12.2. The van der Waals surface area contributed by atoms with Gasteiger partial charge < -0.3 is 0 Å². The molecule has 0 aromatic heterocycles. The second kappa shape index (κ2) is 4.38. The fraction of sp³-hybridized carbons (Fsp3) is 0.0714. The lowest BCUT2D eigenvalue weighted by Gasteiger charge is -2.10. The fourth-order valence-corrected chi connectivity index (χ4v) is 2.77. The van der Waals surface area contributed by atoms with Crippen LogP contribution in [0.3, 0.4) is 0 Å². The highest BCUT2D eigenvalue weighted by atomic mass is 32.2. The molecule has 0 spiro atoms. The molecule has 0 saturated heterocycles. The Bertz CT molecular complexity index is 626. The average molecular weight is 255 g/mol. The molecule has 4 heteroatoms. The molecule has 0 unspecified atom stereocenters. The maximum Gasteiger partial charge on any atom is 0.200 e. The number of benzene rings is 1. The summed E-state index contributed by atoms with van der Waals surface area (Å²) in [7, 11) is 0. The van der Waals surface area contributed by atoms with Crippen LogP contribution in [0.25, 0.3) is 0 Å². The van der Waals surface area contributed by atoms with E-state index in [2.05, 4.69) is 4.99 Å². The van der Waals surface area contributed by atoms with E-state index < -0.39 is 0 Å². The molecule has 18 heavy (non-hydrogen) atoms. The molecule has 0 radical (unpaired) electrons. The first kappa shape index (κ1) is 11.2. The van der Waals surface area contributed by atoms with Crippen molar-refractivity contribution >= 4 is 28.4 Å². The maximum absolute atomic E-state index is 12.2. The summed E-state index contributed by atoms with van der Waals surface area (Å²) in [5.41, 5.74) is 1.24. The first-order valence-electron chi connectivity index (χ1n) is 5.53. The van der Waals surface area contributed by atoms with E-state index in [4.69, 9.17) is 0 Å². The molecule has 2 aliphatic heterocycles. The minimum absolute atomic E-state index is 0.152. The van der Waals surface area contributed by atoms with Crippen molar-refractivity contribution in [3.63, 3.8) is 0 Å². The Balaban J connectivity index is 1.99. The monoisotopic (exact) mass is 255 g/mol. The molecule has 1 aromatic carbocycles. The summed E-state index contributed by atoms with van der Waals surface area (Å²) < 4.78 is 0. The molecule has 0 saturated carbocycles. The van der Waals surface area contributed by atoms with Gasteiger partial charge in [0.2, 0.25) is 5.78 Å². The molecular weight excluding hydrogens is 246 g/mol. The Labute approximate surface area is 108 Å². The highest BCUT2D eigenvalue weighted by Crippen LogP contribution is 2.28. The van der Waals surface area contributed by atoms with Gasteiger partial charge in [-0.3, -0.25) is 9.59 Å². The van der Waals surface area contributed by atoms with Gasteiger partial charge in [-0.1, -0.05) is 36.4 Å². The molecule has 2 aliphatic rings. The average Bonchev–Trinajstić information content (AvgIpc) is 2.89. The minimum atomic E-state index is -0.263. The third-order valence-electron chi connectivity index (χ3n) is 2.82. The quantitative estimate of drug-likeness (QED) is 0.602. The Kier molecular flexibility index (Phi) is 2.72. The van der Waals surface area contributed by atoms with E-state index >= 15 is 0 Å². The summed E-state index contributed by atoms with van der Waals surface area (Å²) in [5, 5.41) is 0.726. The van der Waals surface area contributed by atoms with Crippen molar-refractivity contribution in [3.05, 3.63) is 59.3 Å². The van der Waals surface area contributed by atoms with Gasteiger partial charge >= 0.3 is 0 Å². The fourth-order valence-electron chi connectivity index (χ4n) is 1.90. The van der Waals surface area contributed by atoms with Crippen LogP contribution in [0.1, 0.15) is 10.4 Å². The van der Waals surface area contributed by atoms with Crippen molar-refractivity contribution in [3.8, 4) is 0 Å². The molecule has 88 valence electrons. The van der Waals surface area contributed by atoms with Crippen LogP contribution < -0.4 is 0 Å². The van der Waals surface area contributed by atoms with Crippen molar-refractivity contribution in [1.29, 1.82) is 0 Å². The van der Waals surface area contributed by atoms with E-state index in [-0.39, 0.29) is 17.1 Å². The molecule has 0 aliphatic carbocycles. The third-order valence-corrected chi connectivity index (χ3v) is 3.75. The molecule has 0 N–H and O–H groups in total. The van der Waals surface area contributed by atoms with E-state index in [1.807, 2.05) is 12.1 Å². The van der Waals surface area contributed by atoms with Gasteiger partial charge in [-0.05, 0) is 0 Å². The van der Waals surface area contributed by atoms with Crippen molar-refractivity contribution in [1.82, 2.24) is 0 Å². The summed E-state index contributed by atoms with van der Waals surface area (Å²) >= 11 is 1.52. The van der Waals surface area contributed by atoms with Crippen LogP contribution in [0, 0.1) is 0 Å². The Morgan fingerprint density at radius 2 is 2.00 bits per heavy atom. The second-order valence-corrected chi connectivity index (χ2v) is 4.94. The Morgan fingerprint density at radius 3 is 2.78 bits per heavy atom. The Morgan fingerprint density at radius 1 is 1.22 bits per heavy atom. The number of ketones is 2. The third kappa shape index (κ3) is 1.75. The zero-order valence-electron chi connectivity index (χ0n) is 9.42. The van der Waals surface area contributed by atoms with E-state index in [0.717, 1.165) is 10.8 Å². The Hall–Kier alpha value is -1.94. The van der Waals surface area contributed by atoms with Crippen LogP contribution in [0.4, 0.5) is 0 Å². The number of hydrogen-bond donors (Lipinski definition) is 0. The number of fused-ring (bicyclic) bond motifs is 1. The summed E-state index contributed by atoms with van der Waals surface area (Å²) in [5.74, 6) is 0.278. The number of Topliss-reactive ketones (excluding diaryl/α,β-unsaturated/α-hetero) is 2. The van der Waals surface area contributed by atoms with Gasteiger partial charge in [-0.2, -0.15) is 0 Å². The van der Waals surface area contributed by atoms with Crippen LogP contribution in [-0.2, 0) is 4.79 Å². The largest absolute Gasteiger partial charge is 0.288 e. The van der Waals surface area contributed by atoms with Crippen LogP contribution in [-0.4, -0.2) is 22.4 Å². The molecule has 0 amide bonds. The molecular formula is C14H9NO2S. The number of nitrogens with zero attached hydrogens (tertiary/aromatic N) is 1. The van der Waals surface area contributed by atoms with Gasteiger partial charge in [0.05, 0.1) is 11.1 Å². The zero-order valence-corrected chi connectivity index (χ0v) is 10.2. The minimum Gasteiger partial charge on any atom is -0.288 e. The lowest BCUT2D eigenvalue weighted by molar-refractivity contribution is -0.111. The van der Waals surface area contributed by atoms with E-state index in [1.54, 1.807) is 24.3 Å². The summed E-state index contributed by atoms with van der Waals surface area (Å²) in [6, 6.07) is 8.79. The van der Waals surface area contributed by atoms with Crippen LogP contribution in [0.5, 0.6) is 0 Å². The number of thioether (sulfide) groups is 1. The summed E-state index contributed by atoms with van der Waals surface area (Å²) in [4.78, 5) is 28.6. The first-order chi connectivity index (χ1) is 8.77. The second-order valence-electron chi connectivity index (χ2n) is 3.93. The number of allylic oxidation sites excluding steroid dienone is 1. The molecule has 0 atom stereocenters. The topological polar surface area (TPSA) is 46.5 Å². The number of carbonyl (C=O) groups excluding carboxylic acids is 2. The zero-order chi connectivity index (χ0) is 12.5. The number of carbonyl (C=O) groups is 2. The van der Waals surface area contributed by atoms with Crippen LogP contribution >= 0.6 is 11.8 Å². The molecule has 0 fully saturated rings. The highest BCUT2D eigenvalue weighted by molar-refractivity contribution is 8.15. The van der Waals surface area contributed by atoms with Crippen LogP contribution in [0.2, 0.25) is 0 Å². The summed E-state index contributed by atoms with van der Waals surface area (Å²) in [6.45, 7) is 0. The SMILES string of the molecule is O=C1C(C(=O)c2ccccc2)=CN=C2SCC=C12. The van der Waals surface area contributed by atoms with Crippen molar-refractivity contribution < 1.29 is 9.59 Å². The van der Waals surface area contributed by atoms with Gasteiger partial charge in [0.1, 0.15) is 5.04 Å². The van der Waals surface area contributed by atoms with Crippen LogP contribution in [0.15, 0.2) is 58.7 Å². The van der Waals surface area contributed by atoms with Gasteiger partial charge in [-0.15, -0.1) is 11.8 Å². The van der Waals surface area contributed by atoms with E-state index in [0.29, 0.717) is 11.1 Å². The van der Waals surface area contributed by atoms with Crippen molar-refractivity contribution in [2.75, 3.05) is 5.75 Å². The van der Waals surface area contributed by atoms with Crippen molar-refractivity contribution in [2.45, 2.75) is 0 Å².